The van der Waals surface area contributed by atoms with Crippen molar-refractivity contribution in [3.63, 3.8) is 0 Å². The first-order chi connectivity index (χ1) is 10.6. The van der Waals surface area contributed by atoms with Crippen LogP contribution in [0.4, 0.5) is 10.2 Å². The molecule has 22 heavy (non-hydrogen) atoms. The predicted molar refractivity (Wildman–Crippen MR) is 72.8 cm³/mol. The number of aliphatic hydroxyl groups excluding tert-OH is 2. The lowest BCUT2D eigenvalue weighted by molar-refractivity contribution is -0.104. The average molecular weight is 313 g/mol. The van der Waals surface area contributed by atoms with E-state index in [1.54, 1.807) is 7.05 Å². The fourth-order valence-corrected chi connectivity index (χ4v) is 2.60. The lowest BCUT2D eigenvalue weighted by Gasteiger charge is -2.26. The van der Waals surface area contributed by atoms with E-state index < -0.39 is 37.3 Å². The van der Waals surface area contributed by atoms with Crippen LogP contribution >= 0.6 is 0 Å². The summed E-state index contributed by atoms with van der Waals surface area (Å²) < 4.78 is 19.9. The van der Waals surface area contributed by atoms with Crippen molar-refractivity contribution in [2.45, 2.75) is 24.0 Å². The Balaban J connectivity index is 2.05. The van der Waals surface area contributed by atoms with Crippen molar-refractivity contribution >= 4 is 17.0 Å². The first-order valence-corrected chi connectivity index (χ1v) is 6.64. The summed E-state index contributed by atoms with van der Waals surface area (Å²) in [5.74, 6) is 0.482. The molecule has 0 amide bonds. The summed E-state index contributed by atoms with van der Waals surface area (Å²) in [6.07, 6.45) is -1.30. The van der Waals surface area contributed by atoms with Gasteiger partial charge in [0, 0.05) is 7.05 Å². The van der Waals surface area contributed by atoms with E-state index in [1.165, 1.54) is 17.2 Å². The van der Waals surface area contributed by atoms with Crippen molar-refractivity contribution in [3.8, 4) is 0 Å². The Labute approximate surface area is 124 Å². The highest BCUT2D eigenvalue weighted by Crippen LogP contribution is 2.38. The second-order valence-corrected chi connectivity index (χ2v) is 5.06. The van der Waals surface area contributed by atoms with Crippen LogP contribution in [0.15, 0.2) is 12.7 Å². The number of halogens is 1. The molecule has 0 spiro atoms. The Kier molecular flexibility index (Phi) is 3.68. The molecule has 120 valence electrons. The fraction of sp³-hybridized carbons (Fsp3) is 0.583. The van der Waals surface area contributed by atoms with Crippen molar-refractivity contribution in [1.82, 2.24) is 19.5 Å². The van der Waals surface area contributed by atoms with Gasteiger partial charge in [-0.3, -0.25) is 4.57 Å². The van der Waals surface area contributed by atoms with Crippen LogP contribution in [0.25, 0.3) is 11.2 Å². The molecule has 0 aromatic carbocycles. The number of nitrogens with zero attached hydrogens (tertiary/aromatic N) is 4. The number of rotatable bonds is 4. The summed E-state index contributed by atoms with van der Waals surface area (Å²) in [5.41, 5.74) is -1.39. The molecule has 0 bridgehead atoms. The van der Waals surface area contributed by atoms with Crippen LogP contribution in [0.5, 0.6) is 0 Å². The lowest BCUT2D eigenvalue weighted by atomic mass is 9.94. The predicted octanol–water partition coefficient (Wildman–Crippen LogP) is -1.18. The average Bonchev–Trinajstić information content (AvgIpc) is 3.08. The second-order valence-electron chi connectivity index (χ2n) is 5.06. The summed E-state index contributed by atoms with van der Waals surface area (Å²) in [7, 11) is 1.67. The van der Waals surface area contributed by atoms with Gasteiger partial charge in [-0.05, 0) is 0 Å². The Morgan fingerprint density at radius 2 is 2.23 bits per heavy atom. The summed E-state index contributed by atoms with van der Waals surface area (Å²) in [4.78, 5) is 12.2. The molecule has 4 N–H and O–H groups in total. The molecule has 0 saturated carbocycles. The number of fused-ring (bicyclic) bond motifs is 1. The van der Waals surface area contributed by atoms with E-state index in [4.69, 9.17) is 4.74 Å². The normalized spacial score (nSPS) is 31.8. The maximum absolute atomic E-state index is 13.2. The van der Waals surface area contributed by atoms with Crippen molar-refractivity contribution in [3.05, 3.63) is 12.7 Å². The van der Waals surface area contributed by atoms with Gasteiger partial charge in [0.05, 0.1) is 12.9 Å². The van der Waals surface area contributed by atoms with Crippen molar-refractivity contribution < 1.29 is 24.4 Å². The van der Waals surface area contributed by atoms with Gasteiger partial charge in [-0.25, -0.2) is 19.3 Å². The van der Waals surface area contributed by atoms with Gasteiger partial charge in [0.15, 0.2) is 23.3 Å². The first kappa shape index (κ1) is 15.0. The highest BCUT2D eigenvalue weighted by Gasteiger charge is 2.56. The third kappa shape index (κ3) is 1.96. The number of hydrogen-bond acceptors (Lipinski definition) is 8. The minimum atomic E-state index is -2.19. The van der Waals surface area contributed by atoms with Gasteiger partial charge in [-0.15, -0.1) is 0 Å². The zero-order valence-corrected chi connectivity index (χ0v) is 11.7. The quantitative estimate of drug-likeness (QED) is 0.556. The van der Waals surface area contributed by atoms with Crippen LogP contribution in [-0.2, 0) is 4.74 Å². The molecule has 1 aliphatic rings. The minimum absolute atomic E-state index is 0.350. The van der Waals surface area contributed by atoms with Gasteiger partial charge < -0.3 is 25.4 Å². The SMILES string of the molecule is CNc1ncnc2c1ncn2[C@@H]1O[C@H](CO)[C@](O)(CF)[C@H]1O. The third-order valence-corrected chi connectivity index (χ3v) is 3.89. The number of alkyl halides is 1. The molecule has 9 nitrogen and oxygen atoms in total. The zero-order valence-electron chi connectivity index (χ0n) is 11.7. The Hall–Kier alpha value is -1.88. The van der Waals surface area contributed by atoms with Gasteiger partial charge in [-0.2, -0.15) is 0 Å². The molecular weight excluding hydrogens is 297 g/mol. The number of nitrogens with one attached hydrogen (secondary N) is 1. The molecule has 0 radical (unpaired) electrons. The highest BCUT2D eigenvalue weighted by molar-refractivity contribution is 5.82. The van der Waals surface area contributed by atoms with Crippen LogP contribution in [-0.4, -0.2) is 73.0 Å². The largest absolute Gasteiger partial charge is 0.394 e. The van der Waals surface area contributed by atoms with E-state index in [0.29, 0.717) is 17.0 Å². The zero-order chi connectivity index (χ0) is 15.9. The van der Waals surface area contributed by atoms with Gasteiger partial charge in [0.25, 0.3) is 0 Å². The van der Waals surface area contributed by atoms with Crippen LogP contribution in [0.2, 0.25) is 0 Å². The number of ether oxygens (including phenoxy) is 1. The Bertz CT molecular complexity index is 683. The minimum Gasteiger partial charge on any atom is -0.394 e. The lowest BCUT2D eigenvalue weighted by Crippen LogP contribution is -2.51. The molecule has 0 unspecified atom stereocenters. The maximum Gasteiger partial charge on any atom is 0.167 e. The van der Waals surface area contributed by atoms with Crippen molar-refractivity contribution in [1.29, 1.82) is 0 Å². The molecular formula is C12H16FN5O4. The van der Waals surface area contributed by atoms with Crippen LogP contribution in [0, 0.1) is 0 Å². The Morgan fingerprint density at radius 3 is 2.82 bits per heavy atom. The fourth-order valence-electron chi connectivity index (χ4n) is 2.60. The maximum atomic E-state index is 13.2. The Morgan fingerprint density at radius 1 is 1.45 bits per heavy atom. The topological polar surface area (TPSA) is 126 Å². The van der Waals surface area contributed by atoms with E-state index in [-0.39, 0.29) is 0 Å². The summed E-state index contributed by atoms with van der Waals surface area (Å²) in [5, 5.41) is 32.5. The van der Waals surface area contributed by atoms with Crippen LogP contribution < -0.4 is 5.32 Å². The van der Waals surface area contributed by atoms with E-state index in [2.05, 4.69) is 20.3 Å². The molecule has 4 atom stereocenters. The van der Waals surface area contributed by atoms with E-state index in [9.17, 15) is 19.7 Å². The van der Waals surface area contributed by atoms with E-state index >= 15 is 0 Å². The smallest absolute Gasteiger partial charge is 0.167 e. The molecule has 1 fully saturated rings. The first-order valence-electron chi connectivity index (χ1n) is 6.64. The van der Waals surface area contributed by atoms with Crippen molar-refractivity contribution in [2.75, 3.05) is 25.6 Å². The molecule has 10 heteroatoms. The molecule has 0 aliphatic carbocycles. The molecule has 3 rings (SSSR count). The molecule has 2 aromatic rings. The van der Waals surface area contributed by atoms with Gasteiger partial charge >= 0.3 is 0 Å². The molecule has 2 aromatic heterocycles. The molecule has 1 aliphatic heterocycles. The standard InChI is InChI=1S/C12H16FN5O4/c1-14-9-7-10(16-4-15-9)18(5-17-7)11-8(20)12(21,3-13)6(2-19)22-11/h4-6,8,11,19-21H,2-3H2,1H3,(H,14,15,16)/t6-,8+,11-,12-/m1/s1. The number of aromatic nitrogens is 4. The van der Waals surface area contributed by atoms with Gasteiger partial charge in [-0.1, -0.05) is 0 Å². The number of imidazole rings is 1. The number of aliphatic hydroxyl groups is 3. The monoisotopic (exact) mass is 313 g/mol. The van der Waals surface area contributed by atoms with E-state index in [0.717, 1.165) is 0 Å². The summed E-state index contributed by atoms with van der Waals surface area (Å²) >= 11 is 0. The third-order valence-electron chi connectivity index (χ3n) is 3.89. The van der Waals surface area contributed by atoms with Crippen LogP contribution in [0.3, 0.4) is 0 Å². The van der Waals surface area contributed by atoms with Gasteiger partial charge in [0.1, 0.15) is 30.7 Å². The summed E-state index contributed by atoms with van der Waals surface area (Å²) in [6.45, 7) is -1.88. The molecule has 3 heterocycles. The highest BCUT2D eigenvalue weighted by atomic mass is 19.1. The molecule has 1 saturated heterocycles. The number of hydrogen-bond donors (Lipinski definition) is 4. The van der Waals surface area contributed by atoms with Crippen molar-refractivity contribution in [2.24, 2.45) is 0 Å². The second kappa shape index (κ2) is 5.39. The van der Waals surface area contributed by atoms with E-state index in [1.807, 2.05) is 0 Å². The van der Waals surface area contributed by atoms with Crippen LogP contribution in [0.1, 0.15) is 6.23 Å². The van der Waals surface area contributed by atoms with Gasteiger partial charge in [0.2, 0.25) is 0 Å². The number of anilines is 1. The summed E-state index contributed by atoms with van der Waals surface area (Å²) in [6, 6.07) is 0.